The molecule has 2 N–H and O–H groups in total. The normalized spacial score (nSPS) is 23.5. The van der Waals surface area contributed by atoms with Gasteiger partial charge in [0.1, 0.15) is 30.3 Å². The van der Waals surface area contributed by atoms with E-state index < -0.39 is 48.4 Å². The monoisotopic (exact) mass is 604 g/mol. The second kappa shape index (κ2) is 11.6. The number of anilines is 1. The van der Waals surface area contributed by atoms with Gasteiger partial charge in [0.05, 0.1) is 35.2 Å². The molecule has 4 atom stereocenters. The summed E-state index contributed by atoms with van der Waals surface area (Å²) in [4.78, 5) is 4.50. The molecule has 4 unspecified atom stereocenters. The first-order valence-corrected chi connectivity index (χ1v) is 13.8. The zero-order valence-electron chi connectivity index (χ0n) is 22.5. The molecule has 11 nitrogen and oxygen atoms in total. The van der Waals surface area contributed by atoms with Crippen LogP contribution < -0.4 is 4.90 Å². The van der Waals surface area contributed by atoms with Gasteiger partial charge in [0.15, 0.2) is 23.3 Å². The predicted molar refractivity (Wildman–Crippen MR) is 146 cm³/mol. The molecule has 15 heteroatoms. The SMILES string of the molecule is CN1CCN(c2ccc(-n3cnnc3C3CC(n4cc(-c5cc(F)c(F)c(F)c5)nn4)C(O)C(CO)O3)cc2Cl)CC1. The molecular formula is C27H28ClF3N8O3. The molecule has 0 aliphatic carbocycles. The van der Waals surface area contributed by atoms with Gasteiger partial charge in [-0.15, -0.1) is 15.3 Å². The quantitative estimate of drug-likeness (QED) is 0.320. The number of piperazine rings is 1. The Bertz CT molecular complexity index is 1550. The van der Waals surface area contributed by atoms with Crippen molar-refractivity contribution in [2.24, 2.45) is 0 Å². The van der Waals surface area contributed by atoms with Crippen LogP contribution in [0.2, 0.25) is 5.02 Å². The van der Waals surface area contributed by atoms with Crippen molar-refractivity contribution in [3.63, 3.8) is 0 Å². The van der Waals surface area contributed by atoms with Crippen LogP contribution in [-0.4, -0.2) is 96.9 Å². The predicted octanol–water partition coefficient (Wildman–Crippen LogP) is 2.77. The number of halogens is 4. The molecule has 0 spiro atoms. The van der Waals surface area contributed by atoms with Crippen molar-refractivity contribution in [3.8, 4) is 16.9 Å². The lowest BCUT2D eigenvalue weighted by Crippen LogP contribution is -2.45. The summed E-state index contributed by atoms with van der Waals surface area (Å²) in [6.07, 6.45) is 0.129. The Morgan fingerprint density at radius 2 is 1.79 bits per heavy atom. The van der Waals surface area contributed by atoms with Crippen LogP contribution in [0.15, 0.2) is 42.9 Å². The van der Waals surface area contributed by atoms with E-state index in [2.05, 4.69) is 37.4 Å². The number of rotatable bonds is 6. The van der Waals surface area contributed by atoms with E-state index in [-0.39, 0.29) is 17.7 Å². The average molecular weight is 605 g/mol. The molecule has 0 saturated carbocycles. The topological polar surface area (TPSA) is 118 Å². The van der Waals surface area contributed by atoms with Gasteiger partial charge in [-0.3, -0.25) is 4.57 Å². The second-order valence-electron chi connectivity index (χ2n) is 10.5. The van der Waals surface area contributed by atoms with Gasteiger partial charge in [0.25, 0.3) is 0 Å². The Hall–Kier alpha value is -3.56. The largest absolute Gasteiger partial charge is 0.394 e. The highest BCUT2D eigenvalue weighted by molar-refractivity contribution is 6.33. The molecule has 42 heavy (non-hydrogen) atoms. The molecule has 0 amide bonds. The molecule has 0 radical (unpaired) electrons. The summed E-state index contributed by atoms with van der Waals surface area (Å²) in [5.41, 5.74) is 1.68. The first-order chi connectivity index (χ1) is 20.2. The summed E-state index contributed by atoms with van der Waals surface area (Å²) < 4.78 is 50.1. The highest BCUT2D eigenvalue weighted by atomic mass is 35.5. The van der Waals surface area contributed by atoms with Crippen LogP contribution in [0.1, 0.15) is 24.4 Å². The Morgan fingerprint density at radius 3 is 2.48 bits per heavy atom. The molecule has 0 bridgehead atoms. The minimum absolute atomic E-state index is 0.0221. The number of aromatic nitrogens is 6. The molecule has 4 heterocycles. The van der Waals surface area contributed by atoms with Crippen molar-refractivity contribution >= 4 is 17.3 Å². The van der Waals surface area contributed by atoms with E-state index in [0.29, 0.717) is 16.5 Å². The van der Waals surface area contributed by atoms with Crippen LogP contribution in [-0.2, 0) is 4.74 Å². The highest BCUT2D eigenvalue weighted by Crippen LogP contribution is 2.38. The number of benzene rings is 2. The van der Waals surface area contributed by atoms with Crippen molar-refractivity contribution in [1.82, 2.24) is 34.7 Å². The van der Waals surface area contributed by atoms with Gasteiger partial charge in [0, 0.05) is 38.2 Å². The number of aliphatic hydroxyl groups is 2. The number of hydrogen-bond acceptors (Lipinski definition) is 9. The number of hydrogen-bond donors (Lipinski definition) is 2. The molecule has 6 rings (SSSR count). The van der Waals surface area contributed by atoms with Crippen molar-refractivity contribution in [2.75, 3.05) is 44.7 Å². The summed E-state index contributed by atoms with van der Waals surface area (Å²) in [6, 6.07) is 6.56. The Kier molecular flexibility index (Phi) is 7.89. The van der Waals surface area contributed by atoms with Gasteiger partial charge in [-0.25, -0.2) is 17.9 Å². The van der Waals surface area contributed by atoms with Crippen LogP contribution in [0.25, 0.3) is 16.9 Å². The third-order valence-electron chi connectivity index (χ3n) is 7.79. The van der Waals surface area contributed by atoms with Crippen molar-refractivity contribution in [2.45, 2.75) is 30.8 Å². The minimum atomic E-state index is -1.58. The van der Waals surface area contributed by atoms with Gasteiger partial charge < -0.3 is 24.7 Å². The second-order valence-corrected chi connectivity index (χ2v) is 10.9. The van der Waals surface area contributed by atoms with E-state index >= 15 is 0 Å². The third-order valence-corrected chi connectivity index (χ3v) is 8.10. The highest BCUT2D eigenvalue weighted by Gasteiger charge is 2.41. The Morgan fingerprint density at radius 1 is 1.05 bits per heavy atom. The number of aliphatic hydroxyl groups excluding tert-OH is 2. The Balaban J connectivity index is 1.27. The van der Waals surface area contributed by atoms with Gasteiger partial charge in [-0.2, -0.15) is 0 Å². The molecule has 2 aromatic carbocycles. The van der Waals surface area contributed by atoms with Gasteiger partial charge >= 0.3 is 0 Å². The summed E-state index contributed by atoms with van der Waals surface area (Å²) in [7, 11) is 2.09. The maximum Gasteiger partial charge on any atom is 0.194 e. The molecule has 2 aliphatic heterocycles. The first-order valence-electron chi connectivity index (χ1n) is 13.4. The van der Waals surface area contributed by atoms with Crippen molar-refractivity contribution < 1.29 is 28.1 Å². The van der Waals surface area contributed by atoms with Crippen LogP contribution >= 0.6 is 11.6 Å². The molecule has 2 aliphatic rings. The van der Waals surface area contributed by atoms with Crippen LogP contribution in [0.5, 0.6) is 0 Å². The van der Waals surface area contributed by atoms with Gasteiger partial charge in [-0.1, -0.05) is 16.8 Å². The summed E-state index contributed by atoms with van der Waals surface area (Å²) in [5, 5.41) is 37.9. The van der Waals surface area contributed by atoms with Crippen molar-refractivity contribution in [3.05, 3.63) is 71.2 Å². The molecule has 2 aromatic heterocycles. The third kappa shape index (κ3) is 5.36. The average Bonchev–Trinajstić information content (AvgIpc) is 3.67. The van der Waals surface area contributed by atoms with E-state index in [9.17, 15) is 23.4 Å². The van der Waals surface area contributed by atoms with Gasteiger partial charge in [-0.05, 0) is 37.4 Å². The maximum atomic E-state index is 13.8. The van der Waals surface area contributed by atoms with E-state index in [1.165, 1.54) is 17.2 Å². The fourth-order valence-corrected chi connectivity index (χ4v) is 5.72. The molecule has 4 aromatic rings. The van der Waals surface area contributed by atoms with E-state index in [0.717, 1.165) is 44.0 Å². The van der Waals surface area contributed by atoms with E-state index in [1.807, 2.05) is 18.2 Å². The number of likely N-dealkylation sites (N-methyl/N-ethyl adjacent to an activating group) is 1. The van der Waals surface area contributed by atoms with Crippen LogP contribution in [0.4, 0.5) is 18.9 Å². The number of nitrogens with zero attached hydrogens (tertiary/aromatic N) is 8. The van der Waals surface area contributed by atoms with E-state index in [4.69, 9.17) is 16.3 Å². The number of ether oxygens (including phenoxy) is 1. The standard InChI is InChI=1S/C27H28ClF3N8O3/c1-36-4-6-37(7-5-36)21-3-2-16(10-17(21)28)38-14-32-34-27(38)23-11-22(26(41)24(13-40)42-23)39-12-20(33-35-39)15-8-18(29)25(31)19(30)9-15/h2-3,8-10,12,14,22-24,26,40-41H,4-7,11,13H2,1H3. The maximum absolute atomic E-state index is 13.8. The smallest absolute Gasteiger partial charge is 0.194 e. The zero-order chi connectivity index (χ0) is 29.5. The molecule has 2 saturated heterocycles. The summed E-state index contributed by atoms with van der Waals surface area (Å²) in [6.45, 7) is 3.12. The lowest BCUT2D eigenvalue weighted by atomic mass is 9.95. The van der Waals surface area contributed by atoms with Gasteiger partial charge in [0.2, 0.25) is 0 Å². The lowest BCUT2D eigenvalue weighted by molar-refractivity contribution is -0.161. The van der Waals surface area contributed by atoms with Crippen molar-refractivity contribution in [1.29, 1.82) is 0 Å². The van der Waals surface area contributed by atoms with Crippen LogP contribution in [0.3, 0.4) is 0 Å². The molecule has 2 fully saturated rings. The van der Waals surface area contributed by atoms with E-state index in [1.54, 1.807) is 4.57 Å². The minimum Gasteiger partial charge on any atom is -0.394 e. The fraction of sp³-hybridized carbons (Fsp3) is 0.407. The van der Waals surface area contributed by atoms with Crippen LogP contribution in [0, 0.1) is 17.5 Å². The summed E-state index contributed by atoms with van der Waals surface area (Å²) >= 11 is 6.71. The first kappa shape index (κ1) is 28.6. The molecule has 222 valence electrons. The Labute approximate surface area is 243 Å². The lowest BCUT2D eigenvalue weighted by Gasteiger charge is -2.38. The fourth-order valence-electron chi connectivity index (χ4n) is 5.42. The molecular weight excluding hydrogens is 577 g/mol. The zero-order valence-corrected chi connectivity index (χ0v) is 23.2. The summed E-state index contributed by atoms with van der Waals surface area (Å²) in [5.74, 6) is -3.89.